The molecule has 1 N–H and O–H groups in total. The number of aromatic nitrogens is 1. The second-order valence-corrected chi connectivity index (χ2v) is 4.16. The second-order valence-electron chi connectivity index (χ2n) is 3.80. The summed E-state index contributed by atoms with van der Waals surface area (Å²) in [5.74, 6) is -1.00. The lowest BCUT2D eigenvalue weighted by Crippen LogP contribution is -2.09. The molecule has 0 saturated heterocycles. The molecule has 1 aliphatic heterocycles. The van der Waals surface area contributed by atoms with Gasteiger partial charge in [0.25, 0.3) is 0 Å². The molecule has 0 saturated carbocycles. The van der Waals surface area contributed by atoms with Gasteiger partial charge in [-0.25, -0.2) is 9.78 Å². The average molecular weight is 227 g/mol. The smallest absolute Gasteiger partial charge is 0.339 e. The van der Waals surface area contributed by atoms with E-state index in [1.165, 1.54) is 0 Å². The molecule has 0 spiro atoms. The van der Waals surface area contributed by atoms with Gasteiger partial charge in [0.15, 0.2) is 0 Å². The van der Waals surface area contributed by atoms with Crippen LogP contribution in [0.2, 0.25) is 5.15 Å². The molecule has 0 aliphatic carbocycles. The van der Waals surface area contributed by atoms with Crippen LogP contribution in [-0.4, -0.2) is 28.0 Å². The Morgan fingerprint density at radius 2 is 2.07 bits per heavy atom. The van der Waals surface area contributed by atoms with E-state index in [0.717, 1.165) is 23.4 Å². The highest BCUT2D eigenvalue weighted by Gasteiger charge is 2.27. The molecule has 1 aromatic heterocycles. The van der Waals surface area contributed by atoms with Crippen molar-refractivity contribution in [1.29, 1.82) is 0 Å². The highest BCUT2D eigenvalue weighted by atomic mass is 35.5. The quantitative estimate of drug-likeness (QED) is 0.741. The monoisotopic (exact) mass is 226 g/mol. The molecular formula is C10H11ClN2O2. The van der Waals surface area contributed by atoms with Crippen LogP contribution in [0.15, 0.2) is 0 Å². The zero-order chi connectivity index (χ0) is 11.2. The van der Waals surface area contributed by atoms with Crippen molar-refractivity contribution >= 4 is 17.6 Å². The molecular weight excluding hydrogens is 216 g/mol. The third kappa shape index (κ3) is 1.60. The van der Waals surface area contributed by atoms with Gasteiger partial charge >= 0.3 is 5.97 Å². The lowest BCUT2D eigenvalue weighted by molar-refractivity contribution is 0.0695. The summed E-state index contributed by atoms with van der Waals surface area (Å²) in [6.07, 6.45) is 0. The largest absolute Gasteiger partial charge is 0.478 e. The van der Waals surface area contributed by atoms with Crippen molar-refractivity contribution in [3.63, 3.8) is 0 Å². The summed E-state index contributed by atoms with van der Waals surface area (Å²) < 4.78 is 0. The van der Waals surface area contributed by atoms with Gasteiger partial charge in [-0.15, -0.1) is 0 Å². The number of fused-ring (bicyclic) bond motifs is 1. The molecule has 0 radical (unpaired) electrons. The van der Waals surface area contributed by atoms with Crippen LogP contribution in [0.5, 0.6) is 0 Å². The first-order chi connectivity index (χ1) is 7.00. The number of rotatable bonds is 1. The van der Waals surface area contributed by atoms with E-state index < -0.39 is 5.97 Å². The first kappa shape index (κ1) is 10.4. The number of carbonyl (C=O) groups is 1. The molecule has 4 nitrogen and oxygen atoms in total. The first-order valence-corrected chi connectivity index (χ1v) is 4.98. The molecule has 0 aromatic carbocycles. The summed E-state index contributed by atoms with van der Waals surface area (Å²) in [5, 5.41) is 9.16. The molecule has 2 rings (SSSR count). The van der Waals surface area contributed by atoms with Crippen molar-refractivity contribution in [3.05, 3.63) is 27.5 Å². The molecule has 0 unspecified atom stereocenters. The fourth-order valence-corrected chi connectivity index (χ4v) is 2.28. The maximum absolute atomic E-state index is 11.1. The van der Waals surface area contributed by atoms with Crippen LogP contribution in [0.3, 0.4) is 0 Å². The number of pyridine rings is 1. The van der Waals surface area contributed by atoms with Crippen LogP contribution >= 0.6 is 11.6 Å². The summed E-state index contributed by atoms with van der Waals surface area (Å²) in [5.41, 5.74) is 2.78. The van der Waals surface area contributed by atoms with Crippen molar-refractivity contribution in [2.24, 2.45) is 0 Å². The van der Waals surface area contributed by atoms with Crippen LogP contribution in [0.25, 0.3) is 0 Å². The van der Waals surface area contributed by atoms with E-state index in [-0.39, 0.29) is 10.7 Å². The van der Waals surface area contributed by atoms with Gasteiger partial charge < -0.3 is 5.11 Å². The minimum atomic E-state index is -1.00. The molecule has 1 aromatic rings. The Morgan fingerprint density at radius 1 is 1.47 bits per heavy atom. The zero-order valence-electron chi connectivity index (χ0n) is 8.54. The predicted molar refractivity (Wildman–Crippen MR) is 56.1 cm³/mol. The van der Waals surface area contributed by atoms with Gasteiger partial charge in [0, 0.05) is 18.8 Å². The van der Waals surface area contributed by atoms with Crippen molar-refractivity contribution in [3.8, 4) is 0 Å². The molecule has 0 atom stereocenters. The number of hydrogen-bond donors (Lipinski definition) is 1. The number of halogens is 1. The number of carboxylic acids is 1. The number of nitrogens with zero attached hydrogens (tertiary/aromatic N) is 2. The van der Waals surface area contributed by atoms with Gasteiger partial charge in [-0.05, 0) is 25.1 Å². The lowest BCUT2D eigenvalue weighted by Gasteiger charge is -2.07. The fourth-order valence-electron chi connectivity index (χ4n) is 1.96. The zero-order valence-corrected chi connectivity index (χ0v) is 9.30. The van der Waals surface area contributed by atoms with E-state index in [1.54, 1.807) is 0 Å². The van der Waals surface area contributed by atoms with Gasteiger partial charge in [-0.1, -0.05) is 11.6 Å². The summed E-state index contributed by atoms with van der Waals surface area (Å²) in [6, 6.07) is 0. The molecule has 0 fully saturated rings. The van der Waals surface area contributed by atoms with E-state index in [2.05, 4.69) is 4.98 Å². The van der Waals surface area contributed by atoms with Crippen LogP contribution in [-0.2, 0) is 13.1 Å². The molecule has 15 heavy (non-hydrogen) atoms. The van der Waals surface area contributed by atoms with Crippen molar-refractivity contribution in [1.82, 2.24) is 9.88 Å². The van der Waals surface area contributed by atoms with Crippen LogP contribution in [0.4, 0.5) is 0 Å². The van der Waals surface area contributed by atoms with Crippen molar-refractivity contribution in [2.45, 2.75) is 20.0 Å². The van der Waals surface area contributed by atoms with Gasteiger partial charge in [0.1, 0.15) is 10.7 Å². The van der Waals surface area contributed by atoms with Crippen LogP contribution in [0, 0.1) is 6.92 Å². The summed E-state index contributed by atoms with van der Waals surface area (Å²) in [7, 11) is 1.94. The predicted octanol–water partition coefficient (Wildman–Crippen LogP) is 1.69. The maximum Gasteiger partial charge on any atom is 0.339 e. The SMILES string of the molecule is Cc1nc(Cl)c(C(=O)O)c2c1CN(C)C2. The van der Waals surface area contributed by atoms with Gasteiger partial charge in [-0.3, -0.25) is 4.90 Å². The maximum atomic E-state index is 11.1. The number of aryl methyl sites for hydroxylation is 1. The Bertz CT molecular complexity index is 446. The Hall–Kier alpha value is -1.13. The van der Waals surface area contributed by atoms with Crippen molar-refractivity contribution in [2.75, 3.05) is 7.05 Å². The van der Waals surface area contributed by atoms with E-state index in [4.69, 9.17) is 16.7 Å². The number of carboxylic acid groups (broad SMARTS) is 1. The molecule has 5 heteroatoms. The molecule has 0 bridgehead atoms. The minimum Gasteiger partial charge on any atom is -0.478 e. The fraction of sp³-hybridized carbons (Fsp3) is 0.400. The normalized spacial score (nSPS) is 15.4. The van der Waals surface area contributed by atoms with E-state index in [1.807, 2.05) is 18.9 Å². The Labute approximate surface area is 92.5 Å². The third-order valence-corrected chi connectivity index (χ3v) is 2.92. The van der Waals surface area contributed by atoms with E-state index >= 15 is 0 Å². The van der Waals surface area contributed by atoms with Gasteiger partial charge in [0.05, 0.1) is 0 Å². The topological polar surface area (TPSA) is 53.4 Å². The van der Waals surface area contributed by atoms with E-state index in [9.17, 15) is 4.79 Å². The van der Waals surface area contributed by atoms with Gasteiger partial charge in [0.2, 0.25) is 0 Å². The Morgan fingerprint density at radius 3 is 2.67 bits per heavy atom. The minimum absolute atomic E-state index is 0.0917. The third-order valence-electron chi connectivity index (χ3n) is 2.64. The highest BCUT2D eigenvalue weighted by Crippen LogP contribution is 2.30. The Balaban J connectivity index is 2.68. The average Bonchev–Trinajstić information content (AvgIpc) is 2.45. The molecule has 1 aliphatic rings. The van der Waals surface area contributed by atoms with Crippen LogP contribution < -0.4 is 0 Å². The molecule has 80 valence electrons. The van der Waals surface area contributed by atoms with Crippen LogP contribution in [0.1, 0.15) is 27.2 Å². The highest BCUT2D eigenvalue weighted by molar-refractivity contribution is 6.32. The van der Waals surface area contributed by atoms with E-state index in [0.29, 0.717) is 6.54 Å². The summed E-state index contributed by atoms with van der Waals surface area (Å²) in [4.78, 5) is 17.2. The lowest BCUT2D eigenvalue weighted by atomic mass is 10.0. The molecule has 0 amide bonds. The summed E-state index contributed by atoms with van der Waals surface area (Å²) in [6.45, 7) is 3.22. The van der Waals surface area contributed by atoms with Crippen molar-refractivity contribution < 1.29 is 9.90 Å². The first-order valence-electron chi connectivity index (χ1n) is 4.60. The summed E-state index contributed by atoms with van der Waals surface area (Å²) >= 11 is 5.85. The molecule has 2 heterocycles. The van der Waals surface area contributed by atoms with Gasteiger partial charge in [-0.2, -0.15) is 0 Å². The second kappa shape index (κ2) is 3.47. The Kier molecular flexibility index (Phi) is 2.40. The number of hydrogen-bond acceptors (Lipinski definition) is 3. The standard InChI is InChI=1S/C10H11ClN2O2/c1-5-6-3-13(2)4-7(6)8(10(14)15)9(11)12-5/h3-4H2,1-2H3,(H,14,15). The number of aromatic carboxylic acids is 1.